The standard InChI is InChI=1S/C16H28BNO4/c1-14(2,3)20-13(19)18-10-8-12(9-11-18)17-15(4,5)16(6,7)21-22-17/h8H,9-11H2,1-7H3. The molecule has 1 fully saturated rings. The molecular weight excluding hydrogens is 281 g/mol. The minimum Gasteiger partial charge on any atom is -0.444 e. The van der Waals surface area contributed by atoms with E-state index in [1.165, 1.54) is 5.47 Å². The Morgan fingerprint density at radius 3 is 2.36 bits per heavy atom. The smallest absolute Gasteiger partial charge is 0.410 e. The number of rotatable bonds is 1. The highest BCUT2D eigenvalue weighted by Gasteiger charge is 2.57. The van der Waals surface area contributed by atoms with E-state index in [1.54, 1.807) is 4.90 Å². The van der Waals surface area contributed by atoms with Crippen LogP contribution in [-0.4, -0.2) is 42.2 Å². The maximum Gasteiger partial charge on any atom is 0.410 e. The van der Waals surface area contributed by atoms with Gasteiger partial charge in [-0.05, 0) is 41.0 Å². The highest BCUT2D eigenvalue weighted by molar-refractivity contribution is 6.64. The molecule has 0 bridgehead atoms. The van der Waals surface area contributed by atoms with Crippen molar-refractivity contribution in [2.24, 2.45) is 0 Å². The fraction of sp³-hybridized carbons (Fsp3) is 0.812. The Kier molecular flexibility index (Phi) is 4.39. The Balaban J connectivity index is 2.02. The summed E-state index contributed by atoms with van der Waals surface area (Å²) in [7, 11) is 0. The van der Waals surface area contributed by atoms with Crippen molar-refractivity contribution in [3.8, 4) is 0 Å². The molecule has 0 atom stereocenters. The first-order valence-corrected chi connectivity index (χ1v) is 7.95. The van der Waals surface area contributed by atoms with Crippen LogP contribution in [0.4, 0.5) is 4.79 Å². The third-order valence-electron chi connectivity index (χ3n) is 4.79. The Hall–Kier alpha value is -1.01. The van der Waals surface area contributed by atoms with Crippen LogP contribution in [-0.2, 0) is 14.4 Å². The molecule has 124 valence electrons. The molecular formula is C16H28BNO4. The number of hydrogen-bond donors (Lipinski definition) is 0. The molecule has 2 aliphatic heterocycles. The lowest BCUT2D eigenvalue weighted by Crippen LogP contribution is -2.43. The zero-order valence-corrected chi connectivity index (χ0v) is 14.9. The van der Waals surface area contributed by atoms with Gasteiger partial charge in [0, 0.05) is 18.4 Å². The average molecular weight is 309 g/mol. The second-order valence-corrected chi connectivity index (χ2v) is 8.25. The average Bonchev–Trinajstić information content (AvgIpc) is 2.57. The van der Waals surface area contributed by atoms with E-state index in [-0.39, 0.29) is 23.9 Å². The quantitative estimate of drug-likeness (QED) is 0.548. The predicted molar refractivity (Wildman–Crippen MR) is 86.6 cm³/mol. The Bertz CT molecular complexity index is 479. The van der Waals surface area contributed by atoms with Crippen LogP contribution in [0.5, 0.6) is 0 Å². The molecule has 2 aliphatic rings. The summed E-state index contributed by atoms with van der Waals surface area (Å²) in [6.45, 7) is 15.2. The molecule has 22 heavy (non-hydrogen) atoms. The van der Waals surface area contributed by atoms with Crippen LogP contribution in [0.25, 0.3) is 0 Å². The van der Waals surface area contributed by atoms with E-state index in [1.807, 2.05) is 34.6 Å². The molecule has 0 spiro atoms. The van der Waals surface area contributed by atoms with Crippen LogP contribution < -0.4 is 0 Å². The topological polar surface area (TPSA) is 48.0 Å². The first-order chi connectivity index (χ1) is 9.94. The van der Waals surface area contributed by atoms with Crippen molar-refractivity contribution in [3.05, 3.63) is 11.5 Å². The van der Waals surface area contributed by atoms with E-state index in [0.717, 1.165) is 6.42 Å². The van der Waals surface area contributed by atoms with Gasteiger partial charge in [0.1, 0.15) is 5.60 Å². The first-order valence-electron chi connectivity index (χ1n) is 7.95. The molecule has 5 nitrogen and oxygen atoms in total. The Labute approximate surface area is 134 Å². The molecule has 6 heteroatoms. The molecule has 0 aromatic rings. The van der Waals surface area contributed by atoms with Gasteiger partial charge < -0.3 is 9.64 Å². The normalized spacial score (nSPS) is 24.2. The Morgan fingerprint density at radius 2 is 1.95 bits per heavy atom. The summed E-state index contributed by atoms with van der Waals surface area (Å²) in [5, 5.41) is -0.118. The van der Waals surface area contributed by atoms with E-state index in [9.17, 15) is 4.79 Å². The SMILES string of the molecule is CC(C)(C)OC(=O)N1CC=C(B2OOC(C)(C)C2(C)C)CC1. The highest BCUT2D eigenvalue weighted by Crippen LogP contribution is 2.51. The monoisotopic (exact) mass is 309 g/mol. The fourth-order valence-corrected chi connectivity index (χ4v) is 2.65. The number of carbonyl (C=O) groups excluding carboxylic acids is 1. The fourth-order valence-electron chi connectivity index (χ4n) is 2.65. The van der Waals surface area contributed by atoms with Crippen molar-refractivity contribution in [2.45, 2.75) is 71.4 Å². The van der Waals surface area contributed by atoms with Gasteiger partial charge in [-0.15, -0.1) is 0 Å². The summed E-state index contributed by atoms with van der Waals surface area (Å²) in [4.78, 5) is 24.9. The number of nitrogens with zero attached hydrogens (tertiary/aromatic N) is 1. The van der Waals surface area contributed by atoms with Gasteiger partial charge in [0.15, 0.2) is 0 Å². The Morgan fingerprint density at radius 1 is 1.32 bits per heavy atom. The summed E-state index contributed by atoms with van der Waals surface area (Å²) in [5.74, 6) is 0. The van der Waals surface area contributed by atoms with Gasteiger partial charge in [-0.2, -0.15) is 0 Å². The van der Waals surface area contributed by atoms with E-state index >= 15 is 0 Å². The molecule has 0 aliphatic carbocycles. The van der Waals surface area contributed by atoms with Gasteiger partial charge in [0.25, 0.3) is 0 Å². The molecule has 0 unspecified atom stereocenters. The minimum absolute atomic E-state index is 0.0664. The van der Waals surface area contributed by atoms with Crippen LogP contribution in [0.15, 0.2) is 11.5 Å². The molecule has 0 aromatic carbocycles. The molecule has 2 rings (SSSR count). The summed E-state index contributed by atoms with van der Waals surface area (Å²) in [6, 6.07) is 0. The van der Waals surface area contributed by atoms with Crippen molar-refractivity contribution in [2.75, 3.05) is 13.1 Å². The molecule has 1 saturated heterocycles. The largest absolute Gasteiger partial charge is 0.444 e. The van der Waals surface area contributed by atoms with E-state index < -0.39 is 5.60 Å². The number of carbonyl (C=O) groups is 1. The third-order valence-corrected chi connectivity index (χ3v) is 4.79. The molecule has 1 amide bonds. The summed E-state index contributed by atoms with van der Waals surface area (Å²) < 4.78 is 5.41. The maximum atomic E-state index is 12.1. The maximum absolute atomic E-state index is 12.1. The van der Waals surface area contributed by atoms with E-state index in [4.69, 9.17) is 14.4 Å². The molecule has 0 aromatic heterocycles. The molecule has 0 radical (unpaired) electrons. The lowest BCUT2D eigenvalue weighted by Gasteiger charge is -2.34. The van der Waals surface area contributed by atoms with Gasteiger partial charge in [0.05, 0.1) is 5.60 Å². The highest BCUT2D eigenvalue weighted by atomic mass is 17.2. The van der Waals surface area contributed by atoms with Gasteiger partial charge in [-0.1, -0.05) is 25.4 Å². The zero-order chi connectivity index (χ0) is 16.8. The van der Waals surface area contributed by atoms with Gasteiger partial charge in [0.2, 0.25) is 0 Å². The van der Waals surface area contributed by atoms with Crippen LogP contribution in [0, 0.1) is 0 Å². The van der Waals surface area contributed by atoms with Gasteiger partial charge in [-0.25, -0.2) is 9.68 Å². The lowest BCUT2D eigenvalue weighted by molar-refractivity contribution is -0.261. The summed E-state index contributed by atoms with van der Waals surface area (Å²) >= 11 is 0. The third kappa shape index (κ3) is 3.33. The van der Waals surface area contributed by atoms with E-state index in [0.29, 0.717) is 13.1 Å². The lowest BCUT2D eigenvalue weighted by atomic mass is 9.38. The van der Waals surface area contributed by atoms with Crippen LogP contribution >= 0.6 is 0 Å². The predicted octanol–water partition coefficient (Wildman–Crippen LogP) is 3.60. The van der Waals surface area contributed by atoms with Gasteiger partial charge in [-0.3, -0.25) is 4.81 Å². The number of hydrogen-bond acceptors (Lipinski definition) is 4. The first kappa shape index (κ1) is 17.4. The molecule has 0 N–H and O–H groups in total. The van der Waals surface area contributed by atoms with Crippen LogP contribution in [0.1, 0.15) is 54.9 Å². The second kappa shape index (κ2) is 5.57. The van der Waals surface area contributed by atoms with Gasteiger partial charge >= 0.3 is 13.0 Å². The van der Waals surface area contributed by atoms with Crippen molar-refractivity contribution in [3.63, 3.8) is 0 Å². The van der Waals surface area contributed by atoms with Crippen LogP contribution in [0.3, 0.4) is 0 Å². The second-order valence-electron chi connectivity index (χ2n) is 8.25. The van der Waals surface area contributed by atoms with Crippen molar-refractivity contribution < 1.29 is 19.2 Å². The number of amides is 1. The minimum atomic E-state index is -0.463. The van der Waals surface area contributed by atoms with Crippen molar-refractivity contribution >= 4 is 13.0 Å². The van der Waals surface area contributed by atoms with Crippen molar-refractivity contribution in [1.82, 2.24) is 4.90 Å². The van der Waals surface area contributed by atoms with Crippen LogP contribution in [0.2, 0.25) is 5.31 Å². The van der Waals surface area contributed by atoms with Crippen molar-refractivity contribution in [1.29, 1.82) is 0 Å². The zero-order valence-electron chi connectivity index (χ0n) is 14.9. The number of ether oxygens (including phenoxy) is 1. The molecule has 2 heterocycles. The van der Waals surface area contributed by atoms with E-state index in [2.05, 4.69) is 19.9 Å². The summed E-state index contributed by atoms with van der Waals surface area (Å²) in [5.41, 5.74) is 0.409. The summed E-state index contributed by atoms with van der Waals surface area (Å²) in [6.07, 6.45) is 2.60. The molecule has 0 saturated carbocycles.